The lowest BCUT2D eigenvalue weighted by molar-refractivity contribution is 0.306. The molecule has 2 heterocycles. The summed E-state index contributed by atoms with van der Waals surface area (Å²) in [5.41, 5.74) is 5.84. The third-order valence-corrected chi connectivity index (χ3v) is 5.59. The van der Waals surface area contributed by atoms with E-state index in [9.17, 15) is 0 Å². The minimum atomic E-state index is 0.560. The van der Waals surface area contributed by atoms with Crippen LogP contribution in [0.4, 0.5) is 5.82 Å². The fraction of sp³-hybridized carbons (Fsp3) is 0.192. The van der Waals surface area contributed by atoms with Crippen LogP contribution in [0, 0.1) is 0 Å². The van der Waals surface area contributed by atoms with E-state index >= 15 is 0 Å². The van der Waals surface area contributed by atoms with Gasteiger partial charge >= 0.3 is 0 Å². The highest BCUT2D eigenvalue weighted by molar-refractivity contribution is 5.58. The first-order valence-corrected chi connectivity index (χ1v) is 10.5. The van der Waals surface area contributed by atoms with Crippen molar-refractivity contribution in [1.82, 2.24) is 9.78 Å². The van der Waals surface area contributed by atoms with Crippen molar-refractivity contribution in [3.63, 3.8) is 0 Å². The van der Waals surface area contributed by atoms with Crippen LogP contribution in [-0.4, -0.2) is 23.4 Å². The summed E-state index contributed by atoms with van der Waals surface area (Å²) < 4.78 is 13.2. The van der Waals surface area contributed by atoms with Gasteiger partial charge in [-0.3, -0.25) is 0 Å². The molecule has 0 atom stereocenters. The standard InChI is InChI=1S/C26H25N3O2/c1-30-22-11-7-19(8-12-22)17-25-24-15-16-27-26(24)29(28-25)21-9-13-23(14-10-21)31-18-20-5-3-2-4-6-20/h2-14,27H,15-18H2,1H3. The zero-order valence-corrected chi connectivity index (χ0v) is 17.5. The van der Waals surface area contributed by atoms with Gasteiger partial charge in [-0.05, 0) is 53.9 Å². The molecule has 0 fully saturated rings. The summed E-state index contributed by atoms with van der Waals surface area (Å²) in [5.74, 6) is 2.82. The van der Waals surface area contributed by atoms with Crippen molar-refractivity contribution in [3.05, 3.63) is 101 Å². The first-order chi connectivity index (χ1) is 15.3. The fourth-order valence-electron chi connectivity index (χ4n) is 3.94. The number of hydrogen-bond acceptors (Lipinski definition) is 4. The molecule has 0 amide bonds. The summed E-state index contributed by atoms with van der Waals surface area (Å²) in [6.07, 6.45) is 1.80. The predicted octanol–water partition coefficient (Wildman–Crippen LogP) is 5.02. The second-order valence-corrected chi connectivity index (χ2v) is 7.66. The van der Waals surface area contributed by atoms with Gasteiger partial charge in [0.15, 0.2) is 0 Å². The van der Waals surface area contributed by atoms with Crippen molar-refractivity contribution < 1.29 is 9.47 Å². The number of aromatic nitrogens is 2. The van der Waals surface area contributed by atoms with Crippen molar-refractivity contribution in [3.8, 4) is 17.2 Å². The van der Waals surface area contributed by atoms with Crippen LogP contribution in [-0.2, 0) is 19.4 Å². The summed E-state index contributed by atoms with van der Waals surface area (Å²) in [6.45, 7) is 1.51. The zero-order chi connectivity index (χ0) is 21.0. The molecule has 0 saturated carbocycles. The third kappa shape index (κ3) is 4.12. The number of ether oxygens (including phenoxy) is 2. The molecule has 0 bridgehead atoms. The quantitative estimate of drug-likeness (QED) is 0.464. The van der Waals surface area contributed by atoms with Gasteiger partial charge in [0.25, 0.3) is 0 Å². The largest absolute Gasteiger partial charge is 0.497 e. The van der Waals surface area contributed by atoms with Crippen molar-refractivity contribution in [1.29, 1.82) is 0 Å². The Morgan fingerprint density at radius 2 is 1.61 bits per heavy atom. The Hall–Kier alpha value is -3.73. The molecule has 0 spiro atoms. The van der Waals surface area contributed by atoms with E-state index in [0.29, 0.717) is 6.61 Å². The lowest BCUT2D eigenvalue weighted by Gasteiger charge is -2.09. The lowest BCUT2D eigenvalue weighted by atomic mass is 10.1. The van der Waals surface area contributed by atoms with Gasteiger partial charge in [-0.25, -0.2) is 4.68 Å². The van der Waals surface area contributed by atoms with E-state index in [0.717, 1.165) is 53.6 Å². The average Bonchev–Trinajstić information content (AvgIpc) is 3.43. The summed E-state index contributed by atoms with van der Waals surface area (Å²) in [4.78, 5) is 0. The van der Waals surface area contributed by atoms with E-state index in [1.54, 1.807) is 7.11 Å². The van der Waals surface area contributed by atoms with E-state index in [1.807, 2.05) is 47.1 Å². The monoisotopic (exact) mass is 411 g/mol. The van der Waals surface area contributed by atoms with Crippen LogP contribution in [0.1, 0.15) is 22.4 Å². The van der Waals surface area contributed by atoms with E-state index in [4.69, 9.17) is 14.6 Å². The molecule has 0 saturated heterocycles. The first kappa shape index (κ1) is 19.2. The SMILES string of the molecule is COc1ccc(Cc2nn(-c3ccc(OCc4ccccc4)cc3)c3c2CCN3)cc1. The minimum absolute atomic E-state index is 0.560. The smallest absolute Gasteiger partial charge is 0.133 e. The van der Waals surface area contributed by atoms with Crippen molar-refractivity contribution in [2.45, 2.75) is 19.4 Å². The zero-order valence-electron chi connectivity index (χ0n) is 17.5. The molecule has 156 valence electrons. The van der Waals surface area contributed by atoms with Crippen LogP contribution in [0.25, 0.3) is 5.69 Å². The highest BCUT2D eigenvalue weighted by Crippen LogP contribution is 2.31. The Labute approximate surface area is 182 Å². The summed E-state index contributed by atoms with van der Waals surface area (Å²) in [5, 5.41) is 8.45. The van der Waals surface area contributed by atoms with E-state index in [2.05, 4.69) is 41.7 Å². The first-order valence-electron chi connectivity index (χ1n) is 10.5. The molecule has 1 N–H and O–H groups in total. The molecule has 1 aliphatic rings. The number of nitrogens with zero attached hydrogens (tertiary/aromatic N) is 2. The van der Waals surface area contributed by atoms with Crippen LogP contribution in [0.15, 0.2) is 78.9 Å². The number of fused-ring (bicyclic) bond motifs is 1. The number of nitrogens with one attached hydrogen (secondary N) is 1. The summed E-state index contributed by atoms with van der Waals surface area (Å²) in [6, 6.07) is 26.5. The topological polar surface area (TPSA) is 48.3 Å². The molecule has 5 nitrogen and oxygen atoms in total. The van der Waals surface area contributed by atoms with Gasteiger partial charge in [0.2, 0.25) is 0 Å². The predicted molar refractivity (Wildman–Crippen MR) is 122 cm³/mol. The lowest BCUT2D eigenvalue weighted by Crippen LogP contribution is -2.05. The molecule has 1 aliphatic heterocycles. The molecule has 4 aromatic rings. The van der Waals surface area contributed by atoms with E-state index in [-0.39, 0.29) is 0 Å². The Balaban J connectivity index is 1.34. The van der Waals surface area contributed by atoms with Gasteiger partial charge in [-0.1, -0.05) is 42.5 Å². The van der Waals surface area contributed by atoms with Gasteiger partial charge in [0, 0.05) is 18.5 Å². The molecule has 3 aromatic carbocycles. The molecule has 31 heavy (non-hydrogen) atoms. The minimum Gasteiger partial charge on any atom is -0.497 e. The fourth-order valence-corrected chi connectivity index (χ4v) is 3.94. The van der Waals surface area contributed by atoms with Crippen LogP contribution < -0.4 is 14.8 Å². The number of anilines is 1. The third-order valence-electron chi connectivity index (χ3n) is 5.59. The maximum absolute atomic E-state index is 5.92. The highest BCUT2D eigenvalue weighted by Gasteiger charge is 2.23. The number of hydrogen-bond donors (Lipinski definition) is 1. The van der Waals surface area contributed by atoms with Crippen LogP contribution in [0.3, 0.4) is 0 Å². The average molecular weight is 412 g/mol. The van der Waals surface area contributed by atoms with Crippen molar-refractivity contribution >= 4 is 5.82 Å². The van der Waals surface area contributed by atoms with Crippen molar-refractivity contribution in [2.24, 2.45) is 0 Å². The Bertz CT molecular complexity index is 1150. The molecular weight excluding hydrogens is 386 g/mol. The maximum atomic E-state index is 5.92. The Morgan fingerprint density at radius 3 is 2.35 bits per heavy atom. The van der Waals surface area contributed by atoms with Crippen LogP contribution in [0.2, 0.25) is 0 Å². The van der Waals surface area contributed by atoms with E-state index in [1.165, 1.54) is 11.1 Å². The molecule has 0 aliphatic carbocycles. The molecule has 5 heteroatoms. The number of rotatable bonds is 7. The van der Waals surface area contributed by atoms with Gasteiger partial charge in [0.1, 0.15) is 23.9 Å². The molecule has 5 rings (SSSR count). The highest BCUT2D eigenvalue weighted by atomic mass is 16.5. The molecule has 0 radical (unpaired) electrons. The molecule has 1 aromatic heterocycles. The van der Waals surface area contributed by atoms with Crippen LogP contribution in [0.5, 0.6) is 11.5 Å². The Morgan fingerprint density at radius 1 is 0.871 bits per heavy atom. The van der Waals surface area contributed by atoms with Gasteiger partial charge < -0.3 is 14.8 Å². The second-order valence-electron chi connectivity index (χ2n) is 7.66. The van der Waals surface area contributed by atoms with Crippen LogP contribution >= 0.6 is 0 Å². The number of methoxy groups -OCH3 is 1. The number of benzene rings is 3. The van der Waals surface area contributed by atoms with Gasteiger partial charge in [-0.15, -0.1) is 0 Å². The normalized spacial score (nSPS) is 12.3. The van der Waals surface area contributed by atoms with Gasteiger partial charge in [-0.2, -0.15) is 5.10 Å². The van der Waals surface area contributed by atoms with E-state index < -0.39 is 0 Å². The molecular formula is C26H25N3O2. The summed E-state index contributed by atoms with van der Waals surface area (Å²) >= 11 is 0. The second kappa shape index (κ2) is 8.56. The van der Waals surface area contributed by atoms with Crippen molar-refractivity contribution in [2.75, 3.05) is 19.0 Å². The Kier molecular flexibility index (Phi) is 5.31. The molecule has 0 unspecified atom stereocenters. The summed E-state index contributed by atoms with van der Waals surface area (Å²) in [7, 11) is 1.69. The van der Waals surface area contributed by atoms with Gasteiger partial charge in [0.05, 0.1) is 18.5 Å². The maximum Gasteiger partial charge on any atom is 0.133 e.